The highest BCUT2D eigenvalue weighted by atomic mass is 16.2. The zero-order valence-corrected chi connectivity index (χ0v) is 15.3. The van der Waals surface area contributed by atoms with E-state index in [-0.39, 0.29) is 11.8 Å². The lowest BCUT2D eigenvalue weighted by Crippen LogP contribution is -2.39. The molecule has 1 aliphatic carbocycles. The van der Waals surface area contributed by atoms with E-state index in [2.05, 4.69) is 9.97 Å². The first-order valence-electron chi connectivity index (χ1n) is 9.39. The number of hydrogen-bond donors (Lipinski definition) is 0. The maximum absolute atomic E-state index is 13.0. The molecule has 3 rings (SSSR count). The number of nitrogens with zero attached hydrogens (tertiary/aromatic N) is 4. The van der Waals surface area contributed by atoms with Crippen molar-refractivity contribution in [3.8, 4) is 0 Å². The standard InChI is InChI=1S/C19H28N4O2/c1-14(24)23-11-8-15(13-23)12-17-18(21-10-9-20-17)19(25)22(2)16-6-4-3-5-7-16/h9-10,15-16H,3-8,11-13H2,1-2H3/t15-/m1/s1. The molecular weight excluding hydrogens is 316 g/mol. The lowest BCUT2D eigenvalue weighted by molar-refractivity contribution is -0.127. The Kier molecular flexibility index (Phi) is 5.66. The van der Waals surface area contributed by atoms with Crippen LogP contribution in [0, 0.1) is 5.92 Å². The zero-order valence-electron chi connectivity index (χ0n) is 15.3. The molecule has 6 heteroatoms. The lowest BCUT2D eigenvalue weighted by atomic mass is 9.94. The van der Waals surface area contributed by atoms with E-state index in [0.29, 0.717) is 24.1 Å². The van der Waals surface area contributed by atoms with E-state index < -0.39 is 0 Å². The van der Waals surface area contributed by atoms with Gasteiger partial charge in [-0.05, 0) is 31.6 Å². The van der Waals surface area contributed by atoms with Crippen LogP contribution >= 0.6 is 0 Å². The van der Waals surface area contributed by atoms with Gasteiger partial charge in [-0.1, -0.05) is 19.3 Å². The molecule has 2 fully saturated rings. The van der Waals surface area contributed by atoms with Gasteiger partial charge in [0.25, 0.3) is 5.91 Å². The molecule has 25 heavy (non-hydrogen) atoms. The maximum Gasteiger partial charge on any atom is 0.274 e. The normalized spacial score (nSPS) is 21.4. The van der Waals surface area contributed by atoms with Crippen LogP contribution in [0.15, 0.2) is 12.4 Å². The predicted octanol–water partition coefficient (Wildman–Crippen LogP) is 2.29. The van der Waals surface area contributed by atoms with Crippen molar-refractivity contribution in [2.24, 2.45) is 5.92 Å². The van der Waals surface area contributed by atoms with E-state index in [0.717, 1.165) is 38.0 Å². The van der Waals surface area contributed by atoms with Crippen LogP contribution in [0.25, 0.3) is 0 Å². The molecular formula is C19H28N4O2. The second-order valence-corrected chi connectivity index (χ2v) is 7.38. The zero-order chi connectivity index (χ0) is 17.8. The van der Waals surface area contributed by atoms with Crippen LogP contribution in [0.2, 0.25) is 0 Å². The number of hydrogen-bond acceptors (Lipinski definition) is 4. The molecule has 0 aromatic carbocycles. The third-order valence-electron chi connectivity index (χ3n) is 5.63. The van der Waals surface area contributed by atoms with Gasteiger partial charge in [0.2, 0.25) is 5.91 Å². The summed E-state index contributed by atoms with van der Waals surface area (Å²) in [7, 11) is 1.89. The molecule has 1 atom stereocenters. The molecule has 0 spiro atoms. The second kappa shape index (κ2) is 7.93. The minimum Gasteiger partial charge on any atom is -0.343 e. The summed E-state index contributed by atoms with van der Waals surface area (Å²) in [4.78, 5) is 37.0. The van der Waals surface area contributed by atoms with Gasteiger partial charge in [0.1, 0.15) is 5.69 Å². The van der Waals surface area contributed by atoms with Crippen molar-refractivity contribution >= 4 is 11.8 Å². The summed E-state index contributed by atoms with van der Waals surface area (Å²) in [6.07, 6.45) is 10.7. The molecule has 0 unspecified atom stereocenters. The fourth-order valence-corrected chi connectivity index (χ4v) is 4.05. The SMILES string of the molecule is CC(=O)N1CC[C@H](Cc2nccnc2C(=O)N(C)C2CCCCC2)C1. The van der Waals surface area contributed by atoms with E-state index in [1.54, 1.807) is 19.3 Å². The summed E-state index contributed by atoms with van der Waals surface area (Å²) in [6, 6.07) is 0.316. The number of carbonyl (C=O) groups is 2. The Morgan fingerprint density at radius 2 is 1.88 bits per heavy atom. The van der Waals surface area contributed by atoms with E-state index in [1.165, 1.54) is 19.3 Å². The van der Waals surface area contributed by atoms with Crippen LogP contribution in [-0.4, -0.2) is 57.8 Å². The largest absolute Gasteiger partial charge is 0.343 e. The Hall–Kier alpha value is -1.98. The molecule has 1 aliphatic heterocycles. The van der Waals surface area contributed by atoms with Gasteiger partial charge in [0.05, 0.1) is 5.69 Å². The molecule has 1 aromatic rings. The summed E-state index contributed by atoms with van der Waals surface area (Å²) in [5.41, 5.74) is 1.25. The molecule has 1 saturated carbocycles. The summed E-state index contributed by atoms with van der Waals surface area (Å²) >= 11 is 0. The Labute approximate surface area is 149 Å². The first kappa shape index (κ1) is 17.8. The van der Waals surface area contributed by atoms with Crippen LogP contribution in [-0.2, 0) is 11.2 Å². The Morgan fingerprint density at radius 3 is 2.56 bits per heavy atom. The van der Waals surface area contributed by atoms with Crippen LogP contribution in [0.3, 0.4) is 0 Å². The van der Waals surface area contributed by atoms with Crippen molar-refractivity contribution < 1.29 is 9.59 Å². The van der Waals surface area contributed by atoms with Crippen LogP contribution in [0.4, 0.5) is 0 Å². The summed E-state index contributed by atoms with van der Waals surface area (Å²) in [5.74, 6) is 0.457. The van der Waals surface area contributed by atoms with E-state index in [1.807, 2.05) is 16.8 Å². The molecule has 2 aliphatic rings. The Bertz CT molecular complexity index is 628. The fraction of sp³-hybridized carbons (Fsp3) is 0.684. The highest BCUT2D eigenvalue weighted by Crippen LogP contribution is 2.25. The third kappa shape index (κ3) is 4.17. The first-order valence-corrected chi connectivity index (χ1v) is 9.39. The van der Waals surface area contributed by atoms with Gasteiger partial charge in [0.15, 0.2) is 0 Å². The minimum absolute atomic E-state index is 0.0172. The summed E-state index contributed by atoms with van der Waals surface area (Å²) < 4.78 is 0. The maximum atomic E-state index is 13.0. The second-order valence-electron chi connectivity index (χ2n) is 7.38. The van der Waals surface area contributed by atoms with Gasteiger partial charge < -0.3 is 9.80 Å². The average molecular weight is 344 g/mol. The van der Waals surface area contributed by atoms with Crippen molar-refractivity contribution in [3.05, 3.63) is 23.8 Å². The summed E-state index contributed by atoms with van der Waals surface area (Å²) in [5, 5.41) is 0. The highest BCUT2D eigenvalue weighted by Gasteiger charge is 2.29. The molecule has 0 bridgehead atoms. The number of aromatic nitrogens is 2. The lowest BCUT2D eigenvalue weighted by Gasteiger charge is -2.31. The molecule has 6 nitrogen and oxygen atoms in total. The van der Waals surface area contributed by atoms with Gasteiger partial charge in [-0.3, -0.25) is 14.6 Å². The molecule has 0 radical (unpaired) electrons. The molecule has 1 saturated heterocycles. The van der Waals surface area contributed by atoms with Gasteiger partial charge in [0, 0.05) is 45.5 Å². The van der Waals surface area contributed by atoms with Gasteiger partial charge in [-0.25, -0.2) is 4.98 Å². The molecule has 2 amide bonds. The van der Waals surface area contributed by atoms with Crippen molar-refractivity contribution in [2.75, 3.05) is 20.1 Å². The van der Waals surface area contributed by atoms with E-state index in [9.17, 15) is 9.59 Å². The molecule has 1 aromatic heterocycles. The van der Waals surface area contributed by atoms with Crippen LogP contribution in [0.1, 0.15) is 61.6 Å². The summed E-state index contributed by atoms with van der Waals surface area (Å²) in [6.45, 7) is 3.16. The van der Waals surface area contributed by atoms with Crippen molar-refractivity contribution in [2.45, 2.75) is 57.9 Å². The van der Waals surface area contributed by atoms with Crippen LogP contribution < -0.4 is 0 Å². The quantitative estimate of drug-likeness (QED) is 0.840. The Morgan fingerprint density at radius 1 is 1.16 bits per heavy atom. The number of amides is 2. The monoisotopic (exact) mass is 344 g/mol. The fourth-order valence-electron chi connectivity index (χ4n) is 4.05. The van der Waals surface area contributed by atoms with E-state index >= 15 is 0 Å². The number of likely N-dealkylation sites (tertiary alicyclic amines) is 1. The molecule has 136 valence electrons. The van der Waals surface area contributed by atoms with Crippen molar-refractivity contribution in [1.82, 2.24) is 19.8 Å². The van der Waals surface area contributed by atoms with E-state index in [4.69, 9.17) is 0 Å². The van der Waals surface area contributed by atoms with Gasteiger partial charge in [-0.2, -0.15) is 0 Å². The Balaban J connectivity index is 1.70. The van der Waals surface area contributed by atoms with Crippen molar-refractivity contribution in [3.63, 3.8) is 0 Å². The topological polar surface area (TPSA) is 66.4 Å². The highest BCUT2D eigenvalue weighted by molar-refractivity contribution is 5.93. The number of carbonyl (C=O) groups excluding carboxylic acids is 2. The minimum atomic E-state index is -0.0172. The smallest absolute Gasteiger partial charge is 0.274 e. The predicted molar refractivity (Wildman–Crippen MR) is 95.1 cm³/mol. The average Bonchev–Trinajstić information content (AvgIpc) is 3.10. The molecule has 0 N–H and O–H groups in total. The van der Waals surface area contributed by atoms with Crippen LogP contribution in [0.5, 0.6) is 0 Å². The molecule has 2 heterocycles. The third-order valence-corrected chi connectivity index (χ3v) is 5.63. The van der Waals surface area contributed by atoms with Crippen molar-refractivity contribution in [1.29, 1.82) is 0 Å². The van der Waals surface area contributed by atoms with Gasteiger partial charge >= 0.3 is 0 Å². The van der Waals surface area contributed by atoms with Gasteiger partial charge in [-0.15, -0.1) is 0 Å². The number of rotatable bonds is 4. The first-order chi connectivity index (χ1) is 12.1.